The highest BCUT2D eigenvalue weighted by atomic mass is 16.3. The van der Waals surface area contributed by atoms with Crippen molar-refractivity contribution in [2.45, 2.75) is 0 Å². The molecule has 0 aliphatic rings. The Morgan fingerprint density at radius 1 is 0.340 bits per heavy atom. The van der Waals surface area contributed by atoms with Crippen LogP contribution in [0.25, 0.3) is 94.2 Å². The second-order valence-corrected chi connectivity index (χ2v) is 12.8. The zero-order valence-corrected chi connectivity index (χ0v) is 27.1. The van der Waals surface area contributed by atoms with Crippen LogP contribution in [0.1, 0.15) is 0 Å². The van der Waals surface area contributed by atoms with Gasteiger partial charge in [-0.1, -0.05) is 115 Å². The first-order chi connectivity index (χ1) is 24.8. The van der Waals surface area contributed by atoms with Crippen molar-refractivity contribution in [3.05, 3.63) is 182 Å². The van der Waals surface area contributed by atoms with Gasteiger partial charge in [-0.15, -0.1) is 0 Å². The number of pyridine rings is 1. The van der Waals surface area contributed by atoms with Gasteiger partial charge in [-0.2, -0.15) is 0 Å². The average molecular weight is 639 g/mol. The normalized spacial score (nSPS) is 11.6. The summed E-state index contributed by atoms with van der Waals surface area (Å²) in [5.74, 6) is 0. The summed E-state index contributed by atoms with van der Waals surface area (Å²) in [4.78, 5) is 5.14. The van der Waals surface area contributed by atoms with E-state index in [1.54, 1.807) is 0 Å². The molecule has 3 heteroatoms. The van der Waals surface area contributed by atoms with Crippen LogP contribution < -0.4 is 0 Å². The molecular weight excluding hydrogens is 609 g/mol. The molecule has 0 saturated heterocycles. The van der Waals surface area contributed by atoms with Crippen molar-refractivity contribution < 1.29 is 4.42 Å². The summed E-state index contributed by atoms with van der Waals surface area (Å²) >= 11 is 0. The lowest BCUT2D eigenvalue weighted by Crippen LogP contribution is -1.92. The highest BCUT2D eigenvalue weighted by Gasteiger charge is 2.16. The minimum Gasteiger partial charge on any atom is -0.456 e. The van der Waals surface area contributed by atoms with E-state index < -0.39 is 0 Å². The van der Waals surface area contributed by atoms with Crippen LogP contribution in [0.4, 0.5) is 0 Å². The predicted molar refractivity (Wildman–Crippen MR) is 208 cm³/mol. The van der Waals surface area contributed by atoms with Crippen molar-refractivity contribution >= 4 is 43.7 Å². The summed E-state index contributed by atoms with van der Waals surface area (Å²) in [6.07, 6.45) is 0. The molecule has 10 rings (SSSR count). The second-order valence-electron chi connectivity index (χ2n) is 12.8. The number of hydrogen-bond donors (Lipinski definition) is 0. The molecule has 0 amide bonds. The molecule has 0 atom stereocenters. The number of aromatic nitrogens is 2. The molecular formula is C47H30N2O. The lowest BCUT2D eigenvalue weighted by molar-refractivity contribution is 0.669. The molecule has 3 heterocycles. The number of hydrogen-bond acceptors (Lipinski definition) is 2. The highest BCUT2D eigenvalue weighted by molar-refractivity contribution is 6.11. The van der Waals surface area contributed by atoms with Gasteiger partial charge in [0.15, 0.2) is 0 Å². The van der Waals surface area contributed by atoms with E-state index in [1.165, 1.54) is 27.4 Å². The Labute approximate surface area is 289 Å². The van der Waals surface area contributed by atoms with Crippen LogP contribution in [0.15, 0.2) is 186 Å². The van der Waals surface area contributed by atoms with Crippen LogP contribution in [0.5, 0.6) is 0 Å². The Kier molecular flexibility index (Phi) is 6.49. The van der Waals surface area contributed by atoms with Gasteiger partial charge in [0.1, 0.15) is 11.2 Å². The summed E-state index contributed by atoms with van der Waals surface area (Å²) in [6.45, 7) is 0. The molecule has 10 aromatic rings. The standard InChI is InChI=1S/C47H30N2O/c1-4-12-31(13-5-1)36-28-42(32-14-6-2-7-15-32)48-43(29-36)35-20-23-39-41-27-34(22-25-46(41)50-47(39)30-35)33-21-24-45-40(26-33)38-18-10-11-19-44(38)49(45)37-16-8-3-9-17-37/h1-30H. The summed E-state index contributed by atoms with van der Waals surface area (Å²) < 4.78 is 8.84. The van der Waals surface area contributed by atoms with Crippen molar-refractivity contribution in [2.24, 2.45) is 0 Å². The molecule has 0 aliphatic carbocycles. The van der Waals surface area contributed by atoms with Gasteiger partial charge in [0.2, 0.25) is 0 Å². The topological polar surface area (TPSA) is 31.0 Å². The van der Waals surface area contributed by atoms with Crippen molar-refractivity contribution in [3.8, 4) is 50.5 Å². The fourth-order valence-corrected chi connectivity index (χ4v) is 7.36. The van der Waals surface area contributed by atoms with Gasteiger partial charge in [-0.05, 0) is 89.0 Å². The molecule has 0 radical (unpaired) electrons. The number of nitrogens with zero attached hydrogens (tertiary/aromatic N) is 2. The largest absolute Gasteiger partial charge is 0.456 e. The molecule has 3 aromatic heterocycles. The van der Waals surface area contributed by atoms with Crippen molar-refractivity contribution in [1.29, 1.82) is 0 Å². The van der Waals surface area contributed by atoms with Gasteiger partial charge < -0.3 is 8.98 Å². The van der Waals surface area contributed by atoms with Gasteiger partial charge >= 0.3 is 0 Å². The van der Waals surface area contributed by atoms with Crippen LogP contribution in [-0.2, 0) is 0 Å². The molecule has 0 spiro atoms. The van der Waals surface area contributed by atoms with E-state index in [1.807, 2.05) is 12.1 Å². The maximum atomic E-state index is 6.48. The predicted octanol–water partition coefficient (Wildman–Crippen LogP) is 12.7. The summed E-state index contributed by atoms with van der Waals surface area (Å²) in [7, 11) is 0. The number of para-hydroxylation sites is 2. The maximum absolute atomic E-state index is 6.48. The third-order valence-electron chi connectivity index (χ3n) is 9.79. The monoisotopic (exact) mass is 638 g/mol. The molecule has 0 fully saturated rings. The van der Waals surface area contributed by atoms with Gasteiger partial charge in [-0.3, -0.25) is 0 Å². The van der Waals surface area contributed by atoms with Gasteiger partial charge in [0.05, 0.1) is 22.4 Å². The van der Waals surface area contributed by atoms with Crippen LogP contribution in [0.2, 0.25) is 0 Å². The van der Waals surface area contributed by atoms with Crippen LogP contribution in [-0.4, -0.2) is 9.55 Å². The Morgan fingerprint density at radius 2 is 0.940 bits per heavy atom. The fraction of sp³-hybridized carbons (Fsp3) is 0. The first-order valence-electron chi connectivity index (χ1n) is 17.0. The van der Waals surface area contributed by atoms with E-state index in [2.05, 4.69) is 174 Å². The second kappa shape index (κ2) is 11.5. The van der Waals surface area contributed by atoms with E-state index in [9.17, 15) is 0 Å². The molecule has 0 bridgehead atoms. The maximum Gasteiger partial charge on any atom is 0.136 e. The molecule has 3 nitrogen and oxygen atoms in total. The van der Waals surface area contributed by atoms with Crippen LogP contribution in [0, 0.1) is 0 Å². The van der Waals surface area contributed by atoms with Crippen molar-refractivity contribution in [2.75, 3.05) is 0 Å². The van der Waals surface area contributed by atoms with E-state index >= 15 is 0 Å². The lowest BCUT2D eigenvalue weighted by atomic mass is 9.99. The Morgan fingerprint density at radius 3 is 1.72 bits per heavy atom. The van der Waals surface area contributed by atoms with Crippen molar-refractivity contribution in [3.63, 3.8) is 0 Å². The fourth-order valence-electron chi connectivity index (χ4n) is 7.36. The van der Waals surface area contributed by atoms with Gasteiger partial charge in [-0.25, -0.2) is 4.98 Å². The van der Waals surface area contributed by atoms with Crippen molar-refractivity contribution in [1.82, 2.24) is 9.55 Å². The summed E-state index contributed by atoms with van der Waals surface area (Å²) in [6, 6.07) is 64.3. The van der Waals surface area contributed by atoms with Crippen LogP contribution >= 0.6 is 0 Å². The van der Waals surface area contributed by atoms with Gasteiger partial charge in [0.25, 0.3) is 0 Å². The molecule has 0 unspecified atom stereocenters. The van der Waals surface area contributed by atoms with E-state index in [0.717, 1.165) is 66.8 Å². The minimum absolute atomic E-state index is 0.851. The molecule has 0 saturated carbocycles. The van der Waals surface area contributed by atoms with Gasteiger partial charge in [0, 0.05) is 38.4 Å². The summed E-state index contributed by atoms with van der Waals surface area (Å²) in [5.41, 5.74) is 13.9. The molecule has 0 N–H and O–H groups in total. The number of fused-ring (bicyclic) bond motifs is 6. The average Bonchev–Trinajstić information content (AvgIpc) is 3.73. The quantitative estimate of drug-likeness (QED) is 0.188. The first-order valence-corrected chi connectivity index (χ1v) is 17.0. The Bertz CT molecular complexity index is 2790. The molecule has 0 aliphatic heterocycles. The third kappa shape index (κ3) is 4.71. The number of rotatable bonds is 5. The summed E-state index contributed by atoms with van der Waals surface area (Å²) in [5, 5.41) is 4.68. The minimum atomic E-state index is 0.851. The van der Waals surface area contributed by atoms with Crippen LogP contribution in [0.3, 0.4) is 0 Å². The van der Waals surface area contributed by atoms with E-state index in [4.69, 9.17) is 9.40 Å². The zero-order valence-electron chi connectivity index (χ0n) is 27.1. The molecule has 234 valence electrons. The molecule has 7 aromatic carbocycles. The SMILES string of the molecule is c1ccc(-c2cc(-c3ccccc3)nc(-c3ccc4c(c3)oc3ccc(-c5ccc6c(c5)c5ccccc5n6-c5ccccc5)cc34)c2)cc1. The number of benzene rings is 7. The first kappa shape index (κ1) is 28.3. The zero-order chi connectivity index (χ0) is 33.0. The number of furan rings is 1. The van der Waals surface area contributed by atoms with E-state index in [0.29, 0.717) is 0 Å². The lowest BCUT2D eigenvalue weighted by Gasteiger charge is -2.10. The molecule has 50 heavy (non-hydrogen) atoms. The highest BCUT2D eigenvalue weighted by Crippen LogP contribution is 2.38. The van der Waals surface area contributed by atoms with E-state index in [-0.39, 0.29) is 0 Å². The smallest absolute Gasteiger partial charge is 0.136 e. The Hall–Kier alpha value is -6.71. The Balaban J connectivity index is 1.08. The third-order valence-corrected chi connectivity index (χ3v) is 9.79.